The van der Waals surface area contributed by atoms with E-state index in [2.05, 4.69) is 13.8 Å². The Kier molecular flexibility index (Phi) is 3.07. The van der Waals surface area contributed by atoms with Crippen LogP contribution in [-0.2, 0) is 9.59 Å². The van der Waals surface area contributed by atoms with Crippen molar-refractivity contribution in [2.45, 2.75) is 64.6 Å². The maximum Gasteiger partial charge on any atom is 0.155 e. The Hall–Kier alpha value is -0.855. The van der Waals surface area contributed by atoms with Gasteiger partial charge in [-0.05, 0) is 73.6 Å². The Morgan fingerprint density at radius 2 is 1.82 bits per heavy atom. The van der Waals surface area contributed by atoms with E-state index in [0.29, 0.717) is 35.7 Å². The van der Waals surface area contributed by atoms with Gasteiger partial charge >= 0.3 is 0 Å². The quantitative estimate of drug-likeness (QED) is 0.639. The topological polar surface area (TPSA) is 34.1 Å². The summed E-state index contributed by atoms with van der Waals surface area (Å²) in [7, 11) is 6.12. The normalized spacial score (nSPS) is 50.9. The monoisotopic (exact) mass is 296 g/mol. The van der Waals surface area contributed by atoms with Gasteiger partial charge in [0.15, 0.2) is 5.78 Å². The largest absolute Gasteiger partial charge is 0.300 e. The Balaban J connectivity index is 1.70. The minimum atomic E-state index is -0.244. The first-order valence-electron chi connectivity index (χ1n) is 8.90. The molecule has 0 amide bonds. The number of carbonyl (C=O) groups excluding carboxylic acids is 2. The molecule has 6 unspecified atom stereocenters. The maximum atomic E-state index is 12.6. The van der Waals surface area contributed by atoms with E-state index < -0.39 is 0 Å². The number of ketones is 2. The van der Waals surface area contributed by atoms with Crippen molar-refractivity contribution in [3.8, 4) is 0 Å². The zero-order valence-electron chi connectivity index (χ0n) is 13.7. The van der Waals surface area contributed by atoms with Gasteiger partial charge in [0.25, 0.3) is 0 Å². The lowest BCUT2D eigenvalue weighted by atomic mass is 9.47. The molecule has 0 aliphatic heterocycles. The second-order valence-corrected chi connectivity index (χ2v) is 8.63. The molecule has 3 fully saturated rings. The maximum absolute atomic E-state index is 12.6. The average Bonchev–Trinajstić information content (AvgIpc) is 2.72. The van der Waals surface area contributed by atoms with Crippen LogP contribution in [0.1, 0.15) is 58.8 Å². The molecule has 22 heavy (non-hydrogen) atoms. The SMILES string of the molecule is [B]C1CC2C3CCC4=CC(=O)CCC4(C)C3CCC2(C)C1=O. The van der Waals surface area contributed by atoms with E-state index in [9.17, 15) is 9.59 Å². The predicted molar refractivity (Wildman–Crippen MR) is 86.6 cm³/mol. The molecule has 0 spiro atoms. The zero-order chi connectivity index (χ0) is 15.7. The van der Waals surface area contributed by atoms with Gasteiger partial charge in [-0.3, -0.25) is 9.59 Å². The highest BCUT2D eigenvalue weighted by molar-refractivity contribution is 6.26. The fourth-order valence-corrected chi connectivity index (χ4v) is 6.42. The van der Waals surface area contributed by atoms with Crippen molar-refractivity contribution in [1.82, 2.24) is 0 Å². The number of Topliss-reactive ketones (excluding diaryl/α,β-unsaturated/α-hetero) is 1. The van der Waals surface area contributed by atoms with Crippen LogP contribution in [0.15, 0.2) is 11.6 Å². The van der Waals surface area contributed by atoms with Crippen molar-refractivity contribution < 1.29 is 9.59 Å². The van der Waals surface area contributed by atoms with Crippen LogP contribution < -0.4 is 0 Å². The average molecular weight is 296 g/mol. The van der Waals surface area contributed by atoms with Crippen LogP contribution in [0.3, 0.4) is 0 Å². The van der Waals surface area contributed by atoms with Crippen LogP contribution >= 0.6 is 0 Å². The molecule has 3 saturated carbocycles. The van der Waals surface area contributed by atoms with E-state index in [1.807, 2.05) is 6.08 Å². The van der Waals surface area contributed by atoms with Crippen LogP contribution in [0.4, 0.5) is 0 Å². The Morgan fingerprint density at radius 1 is 1.05 bits per heavy atom. The van der Waals surface area contributed by atoms with E-state index in [4.69, 9.17) is 7.85 Å². The standard InChI is InChI=1S/C19H25BO2/c1-18-7-5-12(21)9-11(18)3-4-13-14(18)6-8-19(2)15(13)10-16(20)17(19)22/h9,13-16H,3-8,10H2,1-2H3. The lowest BCUT2D eigenvalue weighted by molar-refractivity contribution is -0.132. The molecule has 3 heteroatoms. The zero-order valence-corrected chi connectivity index (χ0v) is 13.7. The van der Waals surface area contributed by atoms with E-state index in [-0.39, 0.29) is 16.6 Å². The van der Waals surface area contributed by atoms with Gasteiger partial charge in [0.2, 0.25) is 0 Å². The van der Waals surface area contributed by atoms with E-state index >= 15 is 0 Å². The van der Waals surface area contributed by atoms with E-state index in [1.165, 1.54) is 5.57 Å². The van der Waals surface area contributed by atoms with Crippen molar-refractivity contribution in [2.24, 2.45) is 28.6 Å². The highest BCUT2D eigenvalue weighted by Gasteiger charge is 2.60. The molecule has 4 rings (SSSR count). The summed E-state index contributed by atoms with van der Waals surface area (Å²) in [5.41, 5.74) is 1.40. The van der Waals surface area contributed by atoms with Crippen LogP contribution in [-0.4, -0.2) is 19.4 Å². The van der Waals surface area contributed by atoms with Crippen molar-refractivity contribution in [2.75, 3.05) is 0 Å². The van der Waals surface area contributed by atoms with Crippen molar-refractivity contribution in [3.05, 3.63) is 11.6 Å². The highest BCUT2D eigenvalue weighted by atomic mass is 16.1. The van der Waals surface area contributed by atoms with Gasteiger partial charge in [-0.15, -0.1) is 0 Å². The molecule has 2 radical (unpaired) electrons. The van der Waals surface area contributed by atoms with Gasteiger partial charge in [-0.25, -0.2) is 0 Å². The van der Waals surface area contributed by atoms with Gasteiger partial charge in [-0.1, -0.05) is 19.4 Å². The summed E-state index contributed by atoms with van der Waals surface area (Å²) >= 11 is 0. The molecule has 0 N–H and O–H groups in total. The summed E-state index contributed by atoms with van der Waals surface area (Å²) in [6, 6.07) is 0. The van der Waals surface area contributed by atoms with E-state index in [1.54, 1.807) is 0 Å². The summed E-state index contributed by atoms with van der Waals surface area (Å²) in [5.74, 6) is 2.09. The Labute approximate surface area is 134 Å². The van der Waals surface area contributed by atoms with Crippen molar-refractivity contribution >= 4 is 19.4 Å². The van der Waals surface area contributed by atoms with Crippen LogP contribution in [0.5, 0.6) is 0 Å². The second kappa shape index (κ2) is 4.58. The number of hydrogen-bond acceptors (Lipinski definition) is 2. The number of fused-ring (bicyclic) bond motifs is 5. The molecule has 0 aromatic heterocycles. The number of rotatable bonds is 0. The molecule has 116 valence electrons. The molecule has 0 aromatic carbocycles. The van der Waals surface area contributed by atoms with Crippen molar-refractivity contribution in [3.63, 3.8) is 0 Å². The summed E-state index contributed by atoms with van der Waals surface area (Å²) in [5, 5.41) is 0. The van der Waals surface area contributed by atoms with Gasteiger partial charge in [0, 0.05) is 11.8 Å². The molecule has 0 saturated heterocycles. The number of allylic oxidation sites excluding steroid dienone is 1. The first kappa shape index (κ1) is 14.7. The molecule has 0 bridgehead atoms. The summed E-state index contributed by atoms with van der Waals surface area (Å²) in [6.45, 7) is 4.54. The predicted octanol–water partition coefficient (Wildman–Crippen LogP) is 3.65. The Morgan fingerprint density at radius 3 is 2.59 bits per heavy atom. The molecule has 4 aliphatic rings. The molecule has 2 nitrogen and oxygen atoms in total. The number of hydrogen-bond donors (Lipinski definition) is 0. The third-order valence-electron chi connectivity index (χ3n) is 7.76. The molecular formula is C19H25BO2. The van der Waals surface area contributed by atoms with Gasteiger partial charge in [0.05, 0.1) is 7.85 Å². The fraction of sp³-hybridized carbons (Fsp3) is 0.789. The van der Waals surface area contributed by atoms with Gasteiger partial charge < -0.3 is 0 Å². The molecule has 6 atom stereocenters. The summed E-state index contributed by atoms with van der Waals surface area (Å²) in [6.07, 6.45) is 8.81. The molecular weight excluding hydrogens is 271 g/mol. The lowest BCUT2D eigenvalue weighted by Crippen LogP contribution is -2.50. The van der Waals surface area contributed by atoms with E-state index in [0.717, 1.165) is 38.5 Å². The van der Waals surface area contributed by atoms with Crippen LogP contribution in [0, 0.1) is 28.6 Å². The van der Waals surface area contributed by atoms with Crippen molar-refractivity contribution in [1.29, 1.82) is 0 Å². The van der Waals surface area contributed by atoms with Gasteiger partial charge in [-0.2, -0.15) is 0 Å². The molecule has 0 heterocycles. The van der Waals surface area contributed by atoms with Crippen LogP contribution in [0.25, 0.3) is 0 Å². The smallest absolute Gasteiger partial charge is 0.155 e. The third-order valence-corrected chi connectivity index (χ3v) is 7.76. The number of carbonyl (C=O) groups is 2. The molecule has 0 aromatic rings. The Bertz CT molecular complexity index is 580. The van der Waals surface area contributed by atoms with Crippen LogP contribution in [0.2, 0.25) is 5.82 Å². The minimum Gasteiger partial charge on any atom is -0.300 e. The first-order valence-corrected chi connectivity index (χ1v) is 8.90. The fourth-order valence-electron chi connectivity index (χ4n) is 6.42. The first-order chi connectivity index (χ1) is 10.4. The minimum absolute atomic E-state index is 0.178. The summed E-state index contributed by atoms with van der Waals surface area (Å²) in [4.78, 5) is 24.4. The third kappa shape index (κ3) is 1.74. The van der Waals surface area contributed by atoms with Gasteiger partial charge in [0.1, 0.15) is 5.78 Å². The summed E-state index contributed by atoms with van der Waals surface area (Å²) < 4.78 is 0. The second-order valence-electron chi connectivity index (χ2n) is 8.63. The lowest BCUT2D eigenvalue weighted by Gasteiger charge is -2.56. The molecule has 4 aliphatic carbocycles. The highest BCUT2D eigenvalue weighted by Crippen LogP contribution is 2.65.